The molecule has 1 saturated heterocycles. The second-order valence-corrected chi connectivity index (χ2v) is 6.81. The molecule has 0 bridgehead atoms. The van der Waals surface area contributed by atoms with Crippen molar-refractivity contribution in [2.24, 2.45) is 5.41 Å². The molecule has 1 heterocycles. The Labute approximate surface area is 116 Å². The molecular weight excluding hydrogens is 237 g/mol. The Balaban J connectivity index is 2.11. The lowest BCUT2D eigenvalue weighted by atomic mass is 9.81. The Morgan fingerprint density at radius 2 is 1.63 bits per heavy atom. The summed E-state index contributed by atoms with van der Waals surface area (Å²) in [5.41, 5.74) is 1.50. The third-order valence-corrected chi connectivity index (χ3v) is 4.17. The molecular formula is C17H26FN. The fourth-order valence-corrected chi connectivity index (χ4v) is 3.06. The van der Waals surface area contributed by atoms with Crippen molar-refractivity contribution in [3.05, 3.63) is 35.6 Å². The van der Waals surface area contributed by atoms with Gasteiger partial charge in [-0.25, -0.2) is 4.39 Å². The summed E-state index contributed by atoms with van der Waals surface area (Å²) in [4.78, 5) is 2.63. The van der Waals surface area contributed by atoms with Crippen LogP contribution >= 0.6 is 0 Å². The van der Waals surface area contributed by atoms with Crippen molar-refractivity contribution < 1.29 is 4.39 Å². The van der Waals surface area contributed by atoms with Crippen LogP contribution in [0.3, 0.4) is 0 Å². The first-order valence-corrected chi connectivity index (χ1v) is 7.45. The van der Waals surface area contributed by atoms with Gasteiger partial charge in [-0.2, -0.15) is 0 Å². The minimum Gasteiger partial charge on any atom is -0.300 e. The van der Waals surface area contributed by atoms with Crippen molar-refractivity contribution in [1.29, 1.82) is 0 Å². The summed E-state index contributed by atoms with van der Waals surface area (Å²) >= 11 is 0. The molecule has 0 N–H and O–H groups in total. The average molecular weight is 263 g/mol. The summed E-state index contributed by atoms with van der Waals surface area (Å²) in [6, 6.07) is 7.55. The first-order chi connectivity index (χ1) is 8.97. The summed E-state index contributed by atoms with van der Waals surface area (Å²) in [5, 5.41) is 0. The molecule has 0 amide bonds. The predicted molar refractivity (Wildman–Crippen MR) is 78.8 cm³/mol. The lowest BCUT2D eigenvalue weighted by molar-refractivity contribution is 0.0800. The molecule has 1 fully saturated rings. The van der Waals surface area contributed by atoms with Crippen LogP contribution in [-0.4, -0.2) is 24.0 Å². The predicted octanol–water partition coefficient (Wildman–Crippen LogP) is 4.27. The summed E-state index contributed by atoms with van der Waals surface area (Å²) in [6.45, 7) is 9.37. The summed E-state index contributed by atoms with van der Waals surface area (Å²) in [7, 11) is 0. The van der Waals surface area contributed by atoms with Crippen molar-refractivity contribution in [2.45, 2.75) is 52.5 Å². The molecule has 1 unspecified atom stereocenters. The van der Waals surface area contributed by atoms with E-state index in [1.807, 2.05) is 12.1 Å². The Morgan fingerprint density at radius 1 is 1.05 bits per heavy atom. The topological polar surface area (TPSA) is 3.24 Å². The molecule has 0 spiro atoms. The monoisotopic (exact) mass is 263 g/mol. The second-order valence-electron chi connectivity index (χ2n) is 6.81. The molecule has 106 valence electrons. The number of nitrogens with zero attached hydrogens (tertiary/aromatic N) is 1. The van der Waals surface area contributed by atoms with Crippen LogP contribution < -0.4 is 0 Å². The number of halogens is 1. The van der Waals surface area contributed by atoms with E-state index in [-0.39, 0.29) is 11.2 Å². The molecule has 1 aromatic carbocycles. The number of likely N-dealkylation sites (tertiary alicyclic amines) is 1. The van der Waals surface area contributed by atoms with Crippen LogP contribution in [0.1, 0.15) is 45.6 Å². The third-order valence-electron chi connectivity index (χ3n) is 4.17. The van der Waals surface area contributed by atoms with E-state index < -0.39 is 0 Å². The van der Waals surface area contributed by atoms with Gasteiger partial charge in [-0.1, -0.05) is 39.3 Å². The van der Waals surface area contributed by atoms with Gasteiger partial charge >= 0.3 is 0 Å². The number of rotatable bonds is 3. The molecule has 1 atom stereocenters. The van der Waals surface area contributed by atoms with Gasteiger partial charge in [0.2, 0.25) is 0 Å². The van der Waals surface area contributed by atoms with Gasteiger partial charge in [0.25, 0.3) is 0 Å². The number of piperidine rings is 1. The van der Waals surface area contributed by atoms with Crippen LogP contribution in [0.4, 0.5) is 4.39 Å². The normalized spacial score (nSPS) is 19.4. The van der Waals surface area contributed by atoms with Gasteiger partial charge in [0.1, 0.15) is 5.82 Å². The Kier molecular flexibility index (Phi) is 4.62. The highest BCUT2D eigenvalue weighted by atomic mass is 19.1. The fraction of sp³-hybridized carbons (Fsp3) is 0.647. The third kappa shape index (κ3) is 4.04. The van der Waals surface area contributed by atoms with Crippen LogP contribution in [0.2, 0.25) is 0 Å². The minimum absolute atomic E-state index is 0.144. The molecule has 0 radical (unpaired) electrons. The van der Waals surface area contributed by atoms with Gasteiger partial charge < -0.3 is 0 Å². The molecule has 1 aliphatic heterocycles. The standard InChI is InChI=1S/C17H26FN/c1-17(2,3)16(19-11-5-4-6-12-19)13-14-7-9-15(18)10-8-14/h7-10,16H,4-6,11-13H2,1-3H3. The molecule has 19 heavy (non-hydrogen) atoms. The first-order valence-electron chi connectivity index (χ1n) is 7.45. The molecule has 0 saturated carbocycles. The van der Waals surface area contributed by atoms with Crippen LogP contribution in [0.15, 0.2) is 24.3 Å². The molecule has 1 nitrogen and oxygen atoms in total. The Morgan fingerprint density at radius 3 is 2.16 bits per heavy atom. The summed E-state index contributed by atoms with van der Waals surface area (Å²) in [6.07, 6.45) is 5.01. The SMILES string of the molecule is CC(C)(C)C(Cc1ccc(F)cc1)N1CCCCC1. The van der Waals surface area contributed by atoms with E-state index in [1.165, 1.54) is 37.9 Å². The van der Waals surface area contributed by atoms with Crippen LogP contribution in [0.25, 0.3) is 0 Å². The van der Waals surface area contributed by atoms with E-state index in [9.17, 15) is 4.39 Å². The van der Waals surface area contributed by atoms with Gasteiger partial charge in [0.05, 0.1) is 0 Å². The van der Waals surface area contributed by atoms with Gasteiger partial charge in [0, 0.05) is 6.04 Å². The van der Waals surface area contributed by atoms with Crippen molar-refractivity contribution in [3.8, 4) is 0 Å². The maximum atomic E-state index is 13.0. The van der Waals surface area contributed by atoms with E-state index in [0.717, 1.165) is 6.42 Å². The van der Waals surface area contributed by atoms with Crippen molar-refractivity contribution in [3.63, 3.8) is 0 Å². The van der Waals surface area contributed by atoms with Gasteiger partial charge in [-0.05, 0) is 55.5 Å². The molecule has 2 rings (SSSR count). The lowest BCUT2D eigenvalue weighted by Gasteiger charge is -2.42. The zero-order valence-electron chi connectivity index (χ0n) is 12.5. The van der Waals surface area contributed by atoms with Gasteiger partial charge in [-0.15, -0.1) is 0 Å². The fourth-order valence-electron chi connectivity index (χ4n) is 3.06. The largest absolute Gasteiger partial charge is 0.300 e. The first kappa shape index (κ1) is 14.5. The molecule has 2 heteroatoms. The minimum atomic E-state index is -0.144. The number of benzene rings is 1. The highest BCUT2D eigenvalue weighted by Gasteiger charge is 2.31. The Hall–Kier alpha value is -0.890. The molecule has 0 aromatic heterocycles. The average Bonchev–Trinajstić information content (AvgIpc) is 2.37. The van der Waals surface area contributed by atoms with E-state index >= 15 is 0 Å². The van der Waals surface area contributed by atoms with Crippen LogP contribution in [0.5, 0.6) is 0 Å². The smallest absolute Gasteiger partial charge is 0.123 e. The van der Waals surface area contributed by atoms with Crippen molar-refractivity contribution in [1.82, 2.24) is 4.90 Å². The lowest BCUT2D eigenvalue weighted by Crippen LogP contribution is -2.47. The highest BCUT2D eigenvalue weighted by molar-refractivity contribution is 5.18. The maximum Gasteiger partial charge on any atom is 0.123 e. The zero-order valence-corrected chi connectivity index (χ0v) is 12.5. The molecule has 0 aliphatic carbocycles. The van der Waals surface area contributed by atoms with Gasteiger partial charge in [-0.3, -0.25) is 4.90 Å². The van der Waals surface area contributed by atoms with E-state index in [2.05, 4.69) is 25.7 Å². The number of hydrogen-bond donors (Lipinski definition) is 0. The quantitative estimate of drug-likeness (QED) is 0.787. The maximum absolute atomic E-state index is 13.0. The van der Waals surface area contributed by atoms with Crippen LogP contribution in [-0.2, 0) is 6.42 Å². The van der Waals surface area contributed by atoms with Crippen molar-refractivity contribution >= 4 is 0 Å². The summed E-state index contributed by atoms with van der Waals surface area (Å²) < 4.78 is 13.0. The van der Waals surface area contributed by atoms with Crippen molar-refractivity contribution in [2.75, 3.05) is 13.1 Å². The molecule has 1 aliphatic rings. The molecule has 1 aromatic rings. The highest BCUT2D eigenvalue weighted by Crippen LogP contribution is 2.29. The van der Waals surface area contributed by atoms with E-state index in [4.69, 9.17) is 0 Å². The van der Waals surface area contributed by atoms with Gasteiger partial charge in [0.15, 0.2) is 0 Å². The zero-order chi connectivity index (χ0) is 13.9. The van der Waals surface area contributed by atoms with E-state index in [0.29, 0.717) is 6.04 Å². The second kappa shape index (κ2) is 6.04. The Bertz CT molecular complexity index is 385. The van der Waals surface area contributed by atoms with Crippen LogP contribution in [0, 0.1) is 11.2 Å². The summed E-state index contributed by atoms with van der Waals surface area (Å²) in [5.74, 6) is -0.144. The van der Waals surface area contributed by atoms with E-state index in [1.54, 1.807) is 12.1 Å². The number of hydrogen-bond acceptors (Lipinski definition) is 1.